The summed E-state index contributed by atoms with van der Waals surface area (Å²) in [4.78, 5) is 28.1. The number of hydrogen-bond donors (Lipinski definition) is 1. The van der Waals surface area contributed by atoms with Crippen molar-refractivity contribution in [1.82, 2.24) is 5.32 Å². The number of nitrogens with zero attached hydrogens (tertiary/aromatic N) is 1. The Hall–Kier alpha value is -1.93. The van der Waals surface area contributed by atoms with E-state index in [1.54, 1.807) is 0 Å². The molecule has 5 rings (SSSR count). The average Bonchev–Trinajstić information content (AvgIpc) is 2.92. The van der Waals surface area contributed by atoms with Crippen LogP contribution in [0.3, 0.4) is 0 Å². The molecule has 42 heavy (non-hydrogen) atoms. The van der Waals surface area contributed by atoms with Gasteiger partial charge < -0.3 is 10.1 Å². The number of ether oxygens (including phenoxy) is 1. The van der Waals surface area contributed by atoms with Gasteiger partial charge in [0.25, 0.3) is 0 Å². The number of carbonyl (C=O) groups excluding carboxylic acids is 2. The molecule has 0 radical (unpaired) electrons. The maximum atomic E-state index is 14.7. The SMILES string of the molecule is CCCCCCC(=O)N[C@]12CCC(C)(C)CC1C1C(=O)C=C3[C@@]4(C)/C=C(/C#N)COC[C@@H](C)[C@@H]4CC[C@@]3(C)[C@]1(C)CC2. The van der Waals surface area contributed by atoms with Crippen LogP contribution in [0, 0.1) is 56.7 Å². The van der Waals surface area contributed by atoms with Gasteiger partial charge in [-0.25, -0.2) is 0 Å². The minimum absolute atomic E-state index is 0.103. The van der Waals surface area contributed by atoms with E-state index in [1.807, 2.05) is 6.08 Å². The van der Waals surface area contributed by atoms with Crippen molar-refractivity contribution in [2.75, 3.05) is 13.2 Å². The van der Waals surface area contributed by atoms with Gasteiger partial charge in [0.05, 0.1) is 18.2 Å². The first-order valence-corrected chi connectivity index (χ1v) is 17.0. The summed E-state index contributed by atoms with van der Waals surface area (Å²) in [6, 6.07) is 2.40. The summed E-state index contributed by atoms with van der Waals surface area (Å²) in [5, 5.41) is 13.6. The molecule has 3 fully saturated rings. The fourth-order valence-electron chi connectivity index (χ4n) is 10.7. The van der Waals surface area contributed by atoms with E-state index in [0.29, 0.717) is 37.0 Å². The number of hydrogen-bond acceptors (Lipinski definition) is 4. The molecular weight excluding hydrogens is 520 g/mol. The first-order valence-electron chi connectivity index (χ1n) is 17.0. The van der Waals surface area contributed by atoms with Gasteiger partial charge in [0, 0.05) is 29.9 Å². The van der Waals surface area contributed by atoms with Crippen LogP contribution in [0.25, 0.3) is 0 Å². The molecule has 1 amide bonds. The van der Waals surface area contributed by atoms with E-state index >= 15 is 0 Å². The lowest BCUT2D eigenvalue weighted by Gasteiger charge is -2.68. The average molecular weight is 577 g/mol. The highest BCUT2D eigenvalue weighted by atomic mass is 16.5. The molecule has 0 aromatic rings. The Labute approximate surface area is 255 Å². The quantitative estimate of drug-likeness (QED) is 0.324. The van der Waals surface area contributed by atoms with Gasteiger partial charge in [-0.3, -0.25) is 9.59 Å². The molecule has 1 aliphatic heterocycles. The molecule has 0 spiro atoms. The first kappa shape index (κ1) is 31.5. The maximum absolute atomic E-state index is 14.7. The van der Waals surface area contributed by atoms with Crippen LogP contribution >= 0.6 is 0 Å². The third kappa shape index (κ3) is 5.02. The molecule has 4 aliphatic carbocycles. The molecule has 2 unspecified atom stereocenters. The largest absolute Gasteiger partial charge is 0.376 e. The summed E-state index contributed by atoms with van der Waals surface area (Å²) in [5.74, 6) is 1.16. The zero-order chi connectivity index (χ0) is 30.6. The Morgan fingerprint density at radius 1 is 1.05 bits per heavy atom. The monoisotopic (exact) mass is 576 g/mol. The molecule has 1 heterocycles. The first-order chi connectivity index (χ1) is 19.8. The zero-order valence-corrected chi connectivity index (χ0v) is 27.5. The fraction of sp³-hybridized carbons (Fsp3) is 0.811. The number of ketones is 1. The van der Waals surface area contributed by atoms with Crippen LogP contribution in [-0.4, -0.2) is 30.4 Å². The zero-order valence-electron chi connectivity index (χ0n) is 27.5. The topological polar surface area (TPSA) is 79.2 Å². The predicted molar refractivity (Wildman–Crippen MR) is 167 cm³/mol. The summed E-state index contributed by atoms with van der Waals surface area (Å²) in [6.07, 6.45) is 16.2. The molecule has 5 nitrogen and oxygen atoms in total. The van der Waals surface area contributed by atoms with Crippen molar-refractivity contribution in [2.45, 2.75) is 131 Å². The second kappa shape index (κ2) is 11.2. The Bertz CT molecular complexity index is 1190. The summed E-state index contributed by atoms with van der Waals surface area (Å²) in [6.45, 7) is 17.3. The van der Waals surface area contributed by atoms with Gasteiger partial charge in [0.15, 0.2) is 5.78 Å². The molecule has 1 N–H and O–H groups in total. The van der Waals surface area contributed by atoms with Gasteiger partial charge >= 0.3 is 0 Å². The maximum Gasteiger partial charge on any atom is 0.220 e. The summed E-state index contributed by atoms with van der Waals surface area (Å²) < 4.78 is 5.92. The number of carbonyl (C=O) groups is 2. The van der Waals surface area contributed by atoms with Crippen molar-refractivity contribution < 1.29 is 14.3 Å². The number of nitrogens with one attached hydrogen (secondary N) is 1. The predicted octanol–water partition coefficient (Wildman–Crippen LogP) is 8.10. The van der Waals surface area contributed by atoms with E-state index in [4.69, 9.17) is 4.74 Å². The Morgan fingerprint density at radius 2 is 1.79 bits per heavy atom. The second-order valence-corrected chi connectivity index (χ2v) is 16.4. The van der Waals surface area contributed by atoms with Crippen LogP contribution in [0.15, 0.2) is 23.3 Å². The van der Waals surface area contributed by atoms with Crippen molar-refractivity contribution in [3.63, 3.8) is 0 Å². The van der Waals surface area contributed by atoms with Crippen LogP contribution < -0.4 is 5.32 Å². The third-order valence-corrected chi connectivity index (χ3v) is 13.3. The van der Waals surface area contributed by atoms with Crippen LogP contribution in [0.5, 0.6) is 0 Å². The normalized spacial score (nSPS) is 43.9. The molecule has 8 atom stereocenters. The van der Waals surface area contributed by atoms with E-state index in [0.717, 1.165) is 57.8 Å². The van der Waals surface area contributed by atoms with Gasteiger partial charge in [0.2, 0.25) is 5.91 Å². The highest BCUT2D eigenvalue weighted by Gasteiger charge is 2.68. The molecule has 5 aliphatic rings. The molecule has 0 saturated heterocycles. The summed E-state index contributed by atoms with van der Waals surface area (Å²) in [7, 11) is 0. The molecule has 0 bridgehead atoms. The Kier molecular flexibility index (Phi) is 8.41. The number of allylic oxidation sites excluding steroid dienone is 3. The number of nitriles is 1. The van der Waals surface area contributed by atoms with Gasteiger partial charge in [-0.15, -0.1) is 0 Å². The molecule has 232 valence electrons. The van der Waals surface area contributed by atoms with E-state index in [1.165, 1.54) is 18.4 Å². The summed E-state index contributed by atoms with van der Waals surface area (Å²) >= 11 is 0. The Morgan fingerprint density at radius 3 is 2.50 bits per heavy atom. The van der Waals surface area contributed by atoms with Crippen molar-refractivity contribution in [1.29, 1.82) is 5.26 Å². The lowest BCUT2D eigenvalue weighted by atomic mass is 9.36. The van der Waals surface area contributed by atoms with Crippen LogP contribution in [0.2, 0.25) is 0 Å². The third-order valence-electron chi connectivity index (χ3n) is 13.3. The van der Waals surface area contributed by atoms with Crippen LogP contribution in [0.1, 0.15) is 126 Å². The minimum atomic E-state index is -0.349. The second-order valence-electron chi connectivity index (χ2n) is 16.4. The molecule has 0 aromatic heterocycles. The van der Waals surface area contributed by atoms with E-state index in [2.05, 4.69) is 65.9 Å². The van der Waals surface area contributed by atoms with Crippen molar-refractivity contribution in [3.05, 3.63) is 23.3 Å². The fourth-order valence-corrected chi connectivity index (χ4v) is 10.7. The lowest BCUT2D eigenvalue weighted by Crippen LogP contribution is -2.69. The Balaban J connectivity index is 1.56. The standard InChI is InChI=1S/C37H56N2O3/c1-8-9-10-11-12-31(41)39-37-17-15-33(3,4)21-28(37)32-29(40)19-30-34(5)20-26(22-38)24-42-23-25(2)27(34)13-14-35(30,6)36(32,7)16-18-37/h19-20,25,27-28,32H,8-18,21,23-24H2,1-7H3,(H,39,41)/b26-20-/t25-,27+,28?,32?,34+,35-,36-,37+/m1/s1. The highest BCUT2D eigenvalue weighted by Crippen LogP contribution is 2.72. The van der Waals surface area contributed by atoms with Crippen molar-refractivity contribution in [2.24, 2.45) is 45.3 Å². The number of fused-ring (bicyclic) bond motifs is 7. The van der Waals surface area contributed by atoms with E-state index < -0.39 is 0 Å². The summed E-state index contributed by atoms with van der Waals surface area (Å²) in [5.41, 5.74) is 1.09. The number of amides is 1. The van der Waals surface area contributed by atoms with Gasteiger partial charge in [0.1, 0.15) is 0 Å². The molecular formula is C37H56N2O3. The lowest BCUT2D eigenvalue weighted by molar-refractivity contribution is -0.162. The number of unbranched alkanes of at least 4 members (excludes halogenated alkanes) is 3. The van der Waals surface area contributed by atoms with Crippen molar-refractivity contribution in [3.8, 4) is 6.07 Å². The van der Waals surface area contributed by atoms with Gasteiger partial charge in [-0.2, -0.15) is 5.26 Å². The van der Waals surface area contributed by atoms with Gasteiger partial charge in [-0.05, 0) is 91.4 Å². The van der Waals surface area contributed by atoms with E-state index in [9.17, 15) is 14.9 Å². The van der Waals surface area contributed by atoms with E-state index in [-0.39, 0.29) is 50.7 Å². The molecule has 5 heteroatoms. The van der Waals surface area contributed by atoms with Crippen LogP contribution in [0.4, 0.5) is 0 Å². The number of rotatable bonds is 6. The minimum Gasteiger partial charge on any atom is -0.376 e. The van der Waals surface area contributed by atoms with Crippen LogP contribution in [-0.2, 0) is 14.3 Å². The smallest absolute Gasteiger partial charge is 0.220 e. The van der Waals surface area contributed by atoms with Gasteiger partial charge in [-0.1, -0.05) is 79.4 Å². The van der Waals surface area contributed by atoms with Crippen molar-refractivity contribution >= 4 is 11.7 Å². The highest BCUT2D eigenvalue weighted by molar-refractivity contribution is 5.95. The molecule has 0 aromatic carbocycles. The molecule has 3 saturated carbocycles.